The molecule has 0 bridgehead atoms. The fourth-order valence-corrected chi connectivity index (χ4v) is 5.70. The van der Waals surface area contributed by atoms with Crippen LogP contribution >= 0.6 is 0 Å². The summed E-state index contributed by atoms with van der Waals surface area (Å²) in [7, 11) is 0. The maximum atomic E-state index is 13.1. The van der Waals surface area contributed by atoms with Gasteiger partial charge in [-0.2, -0.15) is 0 Å². The third-order valence-electron chi connectivity index (χ3n) is 8.64. The molecule has 280 valence electrons. The average Bonchev–Trinajstić information content (AvgIpc) is 3.38. The number of aliphatic hydroxyl groups excluding tert-OH is 2. The van der Waals surface area contributed by atoms with Crippen LogP contribution in [0.2, 0.25) is 0 Å². The van der Waals surface area contributed by atoms with E-state index in [0.717, 1.165) is 4.90 Å². The Labute approximate surface area is 295 Å². The minimum Gasteiger partial charge on any atom is -0.479 e. The number of aliphatic hydroxyl groups is 2. The molecule has 16 nitrogen and oxygen atoms in total. The largest absolute Gasteiger partial charge is 0.479 e. The van der Waals surface area contributed by atoms with Crippen molar-refractivity contribution in [3.05, 3.63) is 41.5 Å². The van der Waals surface area contributed by atoms with Crippen molar-refractivity contribution in [3.8, 4) is 0 Å². The van der Waals surface area contributed by atoms with Gasteiger partial charge in [0, 0.05) is 44.1 Å². The number of aryl methyl sites for hydroxylation is 1. The Kier molecular flexibility index (Phi) is 15.2. The molecule has 2 heterocycles. The van der Waals surface area contributed by atoms with Crippen molar-refractivity contribution in [3.63, 3.8) is 0 Å². The van der Waals surface area contributed by atoms with Gasteiger partial charge < -0.3 is 40.7 Å². The first kappa shape index (κ1) is 40.8. The van der Waals surface area contributed by atoms with Crippen molar-refractivity contribution in [1.29, 1.82) is 0 Å². The number of carboxylic acid groups (broad SMARTS) is 1. The van der Waals surface area contributed by atoms with Crippen molar-refractivity contribution >= 4 is 47.2 Å². The highest BCUT2D eigenvalue weighted by molar-refractivity contribution is 6.12. The molecule has 1 saturated heterocycles. The first-order valence-electron chi connectivity index (χ1n) is 17.0. The number of hydrogen-bond acceptors (Lipinski definition) is 11. The fraction of sp³-hybridized carbons (Fsp3) is 0.571. The summed E-state index contributed by atoms with van der Waals surface area (Å²) in [5.74, 6) is -4.33. The molecule has 1 aromatic carbocycles. The third-order valence-corrected chi connectivity index (χ3v) is 8.64. The monoisotopic (exact) mass is 716 g/mol. The summed E-state index contributed by atoms with van der Waals surface area (Å²) in [6, 6.07) is 3.00. The molecule has 0 aliphatic carbocycles. The van der Waals surface area contributed by atoms with E-state index in [0.29, 0.717) is 36.1 Å². The Morgan fingerprint density at radius 1 is 0.961 bits per heavy atom. The molecule has 16 heteroatoms. The van der Waals surface area contributed by atoms with Gasteiger partial charge in [-0.3, -0.25) is 33.7 Å². The van der Waals surface area contributed by atoms with Crippen molar-refractivity contribution in [1.82, 2.24) is 15.5 Å². The molecule has 1 fully saturated rings. The van der Waals surface area contributed by atoms with Crippen molar-refractivity contribution in [2.75, 3.05) is 11.9 Å². The zero-order valence-electron chi connectivity index (χ0n) is 29.3. The number of carboxylic acids is 1. The molecular formula is C35H48N4O12. The molecule has 0 aromatic heterocycles. The highest BCUT2D eigenvalue weighted by Gasteiger charge is 2.40. The maximum Gasteiger partial charge on any atom is 0.335 e. The van der Waals surface area contributed by atoms with Gasteiger partial charge in [0.15, 0.2) is 6.10 Å². The van der Waals surface area contributed by atoms with Crippen LogP contribution in [-0.2, 0) is 56.1 Å². The lowest BCUT2D eigenvalue weighted by atomic mass is 9.93. The van der Waals surface area contributed by atoms with E-state index in [-0.39, 0.29) is 62.5 Å². The molecule has 1 aromatic rings. The summed E-state index contributed by atoms with van der Waals surface area (Å²) in [6.07, 6.45) is -0.353. The van der Waals surface area contributed by atoms with E-state index in [2.05, 4.69) is 16.0 Å². The van der Waals surface area contributed by atoms with Crippen LogP contribution in [-0.4, -0.2) is 105 Å². The Hall–Kier alpha value is -4.67. The Balaban J connectivity index is 1.55. The van der Waals surface area contributed by atoms with Crippen LogP contribution in [0.25, 0.3) is 0 Å². The number of carbonyl (C=O) groups is 7. The second-order valence-electron chi connectivity index (χ2n) is 13.1. The number of aliphatic carboxylic acids is 1. The highest BCUT2D eigenvalue weighted by atomic mass is 16.5. The number of imide groups is 1. The minimum absolute atomic E-state index is 0.0129. The van der Waals surface area contributed by atoms with E-state index in [1.54, 1.807) is 32.0 Å². The maximum absolute atomic E-state index is 13.1. The fourth-order valence-electron chi connectivity index (χ4n) is 5.70. The molecule has 2 aliphatic heterocycles. The summed E-state index contributed by atoms with van der Waals surface area (Å²) in [4.78, 5) is 86.3. The van der Waals surface area contributed by atoms with Crippen LogP contribution in [0.15, 0.2) is 30.4 Å². The summed E-state index contributed by atoms with van der Waals surface area (Å²) < 4.78 is 10.7. The Bertz CT molecular complexity index is 1480. The number of nitrogens with one attached hydrogen (secondary N) is 3. The minimum atomic E-state index is -1.58. The number of nitrogens with zero attached hydrogens (tertiary/aromatic N) is 1. The predicted molar refractivity (Wildman–Crippen MR) is 180 cm³/mol. The lowest BCUT2D eigenvalue weighted by Crippen LogP contribution is -2.53. The van der Waals surface area contributed by atoms with E-state index in [1.807, 2.05) is 0 Å². The van der Waals surface area contributed by atoms with E-state index in [9.17, 15) is 48.9 Å². The zero-order chi connectivity index (χ0) is 37.8. The lowest BCUT2D eigenvalue weighted by molar-refractivity contribution is -0.193. The smallest absolute Gasteiger partial charge is 0.335 e. The second kappa shape index (κ2) is 19.1. The molecule has 6 atom stereocenters. The van der Waals surface area contributed by atoms with Crippen LogP contribution in [0.4, 0.5) is 5.69 Å². The third kappa shape index (κ3) is 12.3. The molecule has 6 N–H and O–H groups in total. The van der Waals surface area contributed by atoms with Gasteiger partial charge in [0.25, 0.3) is 11.8 Å². The quantitative estimate of drug-likeness (QED) is 0.0700. The molecule has 51 heavy (non-hydrogen) atoms. The first-order valence-corrected chi connectivity index (χ1v) is 17.0. The SMILES string of the molecule is CC(=O)OCc1ccc(NC(=O)[C@H](C)NC(=O)[C@@H](NC(=O)CCCCCN2C(=O)C=CC2=O)C(C)C)cc1CC[C@H]1C[C@@H](O)[C@H](O)[C@@H](C(=O)O)O1. The molecule has 0 saturated carbocycles. The number of hydrogen-bond donors (Lipinski definition) is 6. The number of carbonyl (C=O) groups excluding carboxylic acids is 6. The molecule has 2 aliphatic rings. The standard InChI is InChI=1S/C35H48N4O12/c1-19(2)30(38-27(42)8-6-5-7-15-39-28(43)13-14-29(39)44)34(47)36-20(3)33(46)37-24-11-9-23(18-50-21(4)40)22(16-24)10-12-25-17-26(41)31(45)32(51-25)35(48)49/h9,11,13-14,16,19-20,25-26,30-32,41,45H,5-8,10,12,15,17-18H2,1-4H3,(H,36,47)(H,37,46)(H,38,42)(H,48,49)/t20-,25-,26+,30-,31-,32-/m0/s1. The van der Waals surface area contributed by atoms with Crippen molar-refractivity contribution in [2.24, 2.45) is 5.92 Å². The van der Waals surface area contributed by atoms with Gasteiger partial charge in [-0.1, -0.05) is 26.3 Å². The molecular weight excluding hydrogens is 668 g/mol. The molecule has 0 spiro atoms. The van der Waals surface area contributed by atoms with E-state index >= 15 is 0 Å². The zero-order valence-corrected chi connectivity index (χ0v) is 29.3. The lowest BCUT2D eigenvalue weighted by Gasteiger charge is -2.35. The normalized spacial score (nSPS) is 21.3. The number of anilines is 1. The molecule has 0 unspecified atom stereocenters. The number of amides is 5. The van der Waals surface area contributed by atoms with Crippen molar-refractivity contribution < 1.29 is 58.4 Å². The van der Waals surface area contributed by atoms with E-state index in [4.69, 9.17) is 9.47 Å². The topological polar surface area (TPSA) is 238 Å². The van der Waals surface area contributed by atoms with Crippen LogP contribution in [0.3, 0.4) is 0 Å². The van der Waals surface area contributed by atoms with Gasteiger partial charge in [-0.05, 0) is 61.8 Å². The molecule has 3 rings (SSSR count). The number of esters is 1. The first-order chi connectivity index (χ1) is 24.1. The van der Waals surface area contributed by atoms with Gasteiger partial charge in [0.2, 0.25) is 17.7 Å². The van der Waals surface area contributed by atoms with Crippen LogP contribution in [0.1, 0.15) is 77.3 Å². The number of ether oxygens (including phenoxy) is 2. The molecule has 5 amide bonds. The van der Waals surface area contributed by atoms with Crippen LogP contribution in [0, 0.1) is 5.92 Å². The summed E-state index contributed by atoms with van der Waals surface area (Å²) in [6.45, 7) is 6.48. The summed E-state index contributed by atoms with van der Waals surface area (Å²) in [5, 5.41) is 37.6. The van der Waals surface area contributed by atoms with E-state index < -0.39 is 60.3 Å². The Morgan fingerprint density at radius 3 is 2.27 bits per heavy atom. The van der Waals surface area contributed by atoms with Crippen molar-refractivity contribution in [2.45, 2.75) is 116 Å². The number of rotatable bonds is 18. The highest BCUT2D eigenvalue weighted by Crippen LogP contribution is 2.26. The van der Waals surface area contributed by atoms with Crippen LogP contribution < -0.4 is 16.0 Å². The average molecular weight is 717 g/mol. The van der Waals surface area contributed by atoms with Gasteiger partial charge in [-0.15, -0.1) is 0 Å². The summed E-state index contributed by atoms with van der Waals surface area (Å²) in [5.41, 5.74) is 1.65. The number of unbranched alkanes of at least 4 members (excludes halogenated alkanes) is 2. The van der Waals surface area contributed by atoms with E-state index in [1.165, 1.54) is 26.0 Å². The molecule has 0 radical (unpaired) electrons. The van der Waals surface area contributed by atoms with Crippen LogP contribution in [0.5, 0.6) is 0 Å². The summed E-state index contributed by atoms with van der Waals surface area (Å²) >= 11 is 0. The number of benzene rings is 1. The Morgan fingerprint density at radius 2 is 1.65 bits per heavy atom. The predicted octanol–water partition coefficient (Wildman–Crippen LogP) is 0.716. The van der Waals surface area contributed by atoms with Gasteiger partial charge in [0.1, 0.15) is 24.8 Å². The second-order valence-corrected chi connectivity index (χ2v) is 13.1. The van der Waals surface area contributed by atoms with Gasteiger partial charge in [-0.25, -0.2) is 4.79 Å². The van der Waals surface area contributed by atoms with Gasteiger partial charge >= 0.3 is 11.9 Å². The van der Waals surface area contributed by atoms with Gasteiger partial charge in [0.05, 0.1) is 12.2 Å².